The van der Waals surface area contributed by atoms with Crippen LogP contribution < -0.4 is 19.3 Å². The molecule has 9 nitrogen and oxygen atoms in total. The van der Waals surface area contributed by atoms with Crippen LogP contribution in [0.25, 0.3) is 12.2 Å². The number of ether oxygens (including phenoxy) is 2. The van der Waals surface area contributed by atoms with E-state index < -0.39 is 58.4 Å². The van der Waals surface area contributed by atoms with E-state index >= 15 is 0 Å². The van der Waals surface area contributed by atoms with Gasteiger partial charge in [0.15, 0.2) is 11.6 Å². The highest BCUT2D eigenvalue weighted by atomic mass is 19.1. The molecule has 2 aliphatic carbocycles. The molecule has 8 rings (SSSR count). The molecule has 6 atom stereocenters. The van der Waals surface area contributed by atoms with Gasteiger partial charge in [0.05, 0.1) is 48.8 Å². The van der Waals surface area contributed by atoms with Gasteiger partial charge in [-0.05, 0) is 91.4 Å². The van der Waals surface area contributed by atoms with Crippen molar-refractivity contribution in [2.24, 2.45) is 29.1 Å². The molecule has 0 bridgehead atoms. The normalized spacial score (nSPS) is 26.4. The van der Waals surface area contributed by atoms with E-state index in [1.807, 2.05) is 48.6 Å². The van der Waals surface area contributed by atoms with Crippen LogP contribution in [-0.4, -0.2) is 43.0 Å². The minimum Gasteiger partial charge on any atom is -0.505 e. The van der Waals surface area contributed by atoms with Gasteiger partial charge < -0.3 is 14.6 Å². The first-order chi connectivity index (χ1) is 25.6. The van der Waals surface area contributed by atoms with Gasteiger partial charge in [-0.25, -0.2) is 9.29 Å². The van der Waals surface area contributed by atoms with Crippen LogP contribution in [0.3, 0.4) is 0 Å². The SMILES string of the molecule is COc1ccc(OC)c(C=Cc2ccc(N3C(=O)C4CC=C5C(CC6C(=O)N(c7ccccc7)C(=O)C6(C)C5c5ccc(O)c(F)c5)C4C3=O)cc2)c1. The number of carbonyl (C=O) groups is 4. The number of phenols is 1. The number of imide groups is 2. The standard InChI is InChI=1S/C43H37FN2O7/c1-43-33(40(49)46(42(43)51)27-7-5-4-6-8-27)23-32-30(38(43)26-13-19-35(47)34(44)22-26)17-18-31-37(32)41(50)45(39(31)48)28-14-10-24(11-15-28)9-12-25-21-29(52-2)16-20-36(25)53-3/h4-17,19-22,31-33,37-38,47H,18,23H2,1-3H3. The van der Waals surface area contributed by atoms with Gasteiger partial charge in [0.25, 0.3) is 0 Å². The highest BCUT2D eigenvalue weighted by molar-refractivity contribution is 6.25. The first-order valence-corrected chi connectivity index (χ1v) is 17.6. The second-order valence-electron chi connectivity index (χ2n) is 14.3. The summed E-state index contributed by atoms with van der Waals surface area (Å²) in [5.41, 5.74) is 2.37. The highest BCUT2D eigenvalue weighted by Gasteiger charge is 2.67. The lowest BCUT2D eigenvalue weighted by Gasteiger charge is -2.49. The molecule has 4 amide bonds. The predicted octanol–water partition coefficient (Wildman–Crippen LogP) is 7.15. The molecular formula is C43H37FN2O7. The third kappa shape index (κ3) is 5.26. The summed E-state index contributed by atoms with van der Waals surface area (Å²) in [6.07, 6.45) is 6.14. The topological polar surface area (TPSA) is 113 Å². The van der Waals surface area contributed by atoms with Crippen molar-refractivity contribution in [3.63, 3.8) is 0 Å². The third-order valence-corrected chi connectivity index (χ3v) is 11.6. The number of fused-ring (bicyclic) bond motifs is 4. The first-order valence-electron chi connectivity index (χ1n) is 17.6. The molecule has 1 saturated carbocycles. The summed E-state index contributed by atoms with van der Waals surface area (Å²) in [6, 6.07) is 25.3. The second-order valence-corrected chi connectivity index (χ2v) is 14.3. The first kappa shape index (κ1) is 34.1. The Kier molecular flexibility index (Phi) is 8.28. The Morgan fingerprint density at radius 2 is 1.53 bits per heavy atom. The molecule has 4 aromatic rings. The number of amides is 4. The van der Waals surface area contributed by atoms with Gasteiger partial charge in [0.1, 0.15) is 11.5 Å². The molecule has 0 aromatic heterocycles. The number of para-hydroxylation sites is 1. The Bertz CT molecular complexity index is 2230. The summed E-state index contributed by atoms with van der Waals surface area (Å²) in [5.74, 6) is -5.11. The van der Waals surface area contributed by atoms with E-state index in [-0.39, 0.29) is 24.7 Å². The van der Waals surface area contributed by atoms with Gasteiger partial charge in [-0.3, -0.25) is 24.1 Å². The number of hydrogen-bond donors (Lipinski definition) is 1. The zero-order chi connectivity index (χ0) is 37.2. The average Bonchev–Trinajstić information content (AvgIpc) is 3.54. The molecule has 6 unspecified atom stereocenters. The fourth-order valence-electron chi connectivity index (χ4n) is 9.07. The summed E-state index contributed by atoms with van der Waals surface area (Å²) < 4.78 is 25.8. The maximum atomic E-state index is 15.0. The number of rotatable bonds is 7. The maximum Gasteiger partial charge on any atom is 0.241 e. The fraction of sp³-hybridized carbons (Fsp3) is 0.256. The third-order valence-electron chi connectivity index (χ3n) is 11.6. The van der Waals surface area contributed by atoms with Crippen LogP contribution in [0, 0.1) is 34.9 Å². The zero-order valence-corrected chi connectivity index (χ0v) is 29.4. The van der Waals surface area contributed by atoms with E-state index in [2.05, 4.69) is 0 Å². The van der Waals surface area contributed by atoms with E-state index in [9.17, 15) is 28.7 Å². The number of methoxy groups -OCH3 is 2. The largest absolute Gasteiger partial charge is 0.505 e. The summed E-state index contributed by atoms with van der Waals surface area (Å²) in [5, 5.41) is 10.1. The van der Waals surface area contributed by atoms with Crippen molar-refractivity contribution in [2.75, 3.05) is 24.0 Å². The van der Waals surface area contributed by atoms with Crippen molar-refractivity contribution in [2.45, 2.75) is 25.7 Å². The van der Waals surface area contributed by atoms with Crippen LogP contribution in [-0.2, 0) is 19.2 Å². The van der Waals surface area contributed by atoms with Crippen LogP contribution in [0.1, 0.15) is 42.4 Å². The number of anilines is 2. The van der Waals surface area contributed by atoms with Crippen molar-refractivity contribution in [1.82, 2.24) is 0 Å². The monoisotopic (exact) mass is 712 g/mol. The number of halogens is 1. The number of carbonyl (C=O) groups excluding carboxylic acids is 4. The Morgan fingerprint density at radius 3 is 2.23 bits per heavy atom. The zero-order valence-electron chi connectivity index (χ0n) is 29.4. The summed E-state index contributed by atoms with van der Waals surface area (Å²) in [4.78, 5) is 59.7. The van der Waals surface area contributed by atoms with E-state index in [1.54, 1.807) is 69.7 Å². The van der Waals surface area contributed by atoms with E-state index in [4.69, 9.17) is 9.47 Å². The fourth-order valence-corrected chi connectivity index (χ4v) is 9.07. The van der Waals surface area contributed by atoms with E-state index in [0.29, 0.717) is 28.4 Å². The Balaban J connectivity index is 1.13. The number of phenolic OH excluding ortho intramolecular Hbond substituents is 1. The van der Waals surface area contributed by atoms with Crippen LogP contribution in [0.15, 0.2) is 103 Å². The van der Waals surface area contributed by atoms with Crippen molar-refractivity contribution in [1.29, 1.82) is 0 Å². The Morgan fingerprint density at radius 1 is 0.792 bits per heavy atom. The Hall–Kier alpha value is -6.03. The molecule has 4 aliphatic rings. The van der Waals surface area contributed by atoms with Crippen molar-refractivity contribution in [3.05, 3.63) is 125 Å². The summed E-state index contributed by atoms with van der Waals surface area (Å²) in [7, 11) is 3.19. The molecule has 1 N–H and O–H groups in total. The Labute approximate surface area is 305 Å². The average molecular weight is 713 g/mol. The molecule has 10 heteroatoms. The molecule has 3 fully saturated rings. The molecule has 2 aliphatic heterocycles. The van der Waals surface area contributed by atoms with Crippen molar-refractivity contribution in [3.8, 4) is 17.2 Å². The number of benzene rings is 4. The molecule has 0 spiro atoms. The minimum absolute atomic E-state index is 0.179. The van der Waals surface area contributed by atoms with Crippen LogP contribution >= 0.6 is 0 Å². The lowest BCUT2D eigenvalue weighted by atomic mass is 9.51. The van der Waals surface area contributed by atoms with Gasteiger partial charge >= 0.3 is 0 Å². The van der Waals surface area contributed by atoms with Gasteiger partial charge in [0.2, 0.25) is 23.6 Å². The van der Waals surface area contributed by atoms with Gasteiger partial charge in [-0.15, -0.1) is 0 Å². The van der Waals surface area contributed by atoms with Crippen molar-refractivity contribution < 1.29 is 38.1 Å². The molecular weight excluding hydrogens is 675 g/mol. The number of aromatic hydroxyl groups is 1. The molecule has 53 heavy (non-hydrogen) atoms. The molecule has 268 valence electrons. The van der Waals surface area contributed by atoms with E-state index in [0.717, 1.165) is 16.7 Å². The number of allylic oxidation sites excluding steroid dienone is 2. The van der Waals surface area contributed by atoms with Crippen LogP contribution in [0.2, 0.25) is 0 Å². The summed E-state index contributed by atoms with van der Waals surface area (Å²) in [6.45, 7) is 1.74. The quantitative estimate of drug-likeness (QED) is 0.123. The van der Waals surface area contributed by atoms with Crippen molar-refractivity contribution >= 4 is 47.2 Å². The molecule has 2 heterocycles. The predicted molar refractivity (Wildman–Crippen MR) is 197 cm³/mol. The smallest absolute Gasteiger partial charge is 0.241 e. The van der Waals surface area contributed by atoms with Crippen LogP contribution in [0.5, 0.6) is 17.2 Å². The lowest BCUT2D eigenvalue weighted by molar-refractivity contribution is -0.131. The van der Waals surface area contributed by atoms with Gasteiger partial charge in [0, 0.05) is 11.5 Å². The second kappa shape index (κ2) is 12.9. The number of hydrogen-bond acceptors (Lipinski definition) is 7. The van der Waals surface area contributed by atoms with Crippen LogP contribution in [0.4, 0.5) is 15.8 Å². The number of nitrogens with zero attached hydrogens (tertiary/aromatic N) is 2. The van der Waals surface area contributed by atoms with Gasteiger partial charge in [-0.1, -0.05) is 60.2 Å². The molecule has 2 saturated heterocycles. The summed E-state index contributed by atoms with van der Waals surface area (Å²) >= 11 is 0. The minimum atomic E-state index is -1.31. The molecule has 0 radical (unpaired) electrons. The van der Waals surface area contributed by atoms with Gasteiger partial charge in [-0.2, -0.15) is 0 Å². The highest BCUT2D eigenvalue weighted by Crippen LogP contribution is 2.63. The maximum absolute atomic E-state index is 15.0. The lowest BCUT2D eigenvalue weighted by Crippen LogP contribution is -2.48. The van der Waals surface area contributed by atoms with E-state index in [1.165, 1.54) is 21.9 Å². The molecule has 4 aromatic carbocycles.